The Hall–Kier alpha value is -2.60. The fourth-order valence-corrected chi connectivity index (χ4v) is 4.24. The molecule has 0 radical (unpaired) electrons. The Bertz CT molecular complexity index is 871. The number of carbonyl (C=O) groups excluding carboxylic acids is 1. The Labute approximate surface area is 156 Å². The van der Waals surface area contributed by atoms with Gasteiger partial charge in [0.15, 0.2) is 0 Å². The summed E-state index contributed by atoms with van der Waals surface area (Å²) in [6.45, 7) is 3.13. The van der Waals surface area contributed by atoms with Crippen LogP contribution in [0.3, 0.4) is 0 Å². The van der Waals surface area contributed by atoms with Crippen LogP contribution in [0, 0.1) is 0 Å². The minimum Gasteiger partial charge on any atom is -0.494 e. The molecule has 5 nitrogen and oxygen atoms in total. The number of carbonyl (C=O) groups is 1. The molecule has 1 aliphatic heterocycles. The van der Waals surface area contributed by atoms with Crippen LogP contribution < -0.4 is 4.74 Å². The molecule has 0 saturated carbocycles. The van der Waals surface area contributed by atoms with E-state index in [1.54, 1.807) is 18.0 Å². The van der Waals surface area contributed by atoms with Crippen molar-refractivity contribution in [2.45, 2.75) is 18.8 Å². The van der Waals surface area contributed by atoms with E-state index < -0.39 is 0 Å². The smallest absolute Gasteiger partial charge is 0.234 e. The van der Waals surface area contributed by atoms with Crippen LogP contribution in [-0.2, 0) is 11.3 Å². The molecule has 6 heteroatoms. The Kier molecular flexibility index (Phi) is 4.75. The minimum absolute atomic E-state index is 0.0107. The molecule has 1 aliphatic rings. The lowest BCUT2D eigenvalue weighted by molar-refractivity contribution is -0.128. The van der Waals surface area contributed by atoms with Crippen LogP contribution in [0.1, 0.15) is 23.6 Å². The SMILES string of the molecule is CCOc1ccc(-n2ccc([C@@H]3SCC(=O)N3Cc3ccco3)c2)cc1. The van der Waals surface area contributed by atoms with Crippen LogP contribution in [0.15, 0.2) is 65.5 Å². The van der Waals surface area contributed by atoms with Crippen LogP contribution in [0.5, 0.6) is 5.75 Å². The molecule has 1 fully saturated rings. The van der Waals surface area contributed by atoms with Gasteiger partial charge in [-0.25, -0.2) is 0 Å². The monoisotopic (exact) mass is 368 g/mol. The highest BCUT2D eigenvalue weighted by atomic mass is 32.2. The summed E-state index contributed by atoms with van der Waals surface area (Å²) >= 11 is 1.65. The van der Waals surface area contributed by atoms with Gasteiger partial charge in [0.05, 0.1) is 25.2 Å². The second-order valence-corrected chi connectivity index (χ2v) is 7.11. The maximum Gasteiger partial charge on any atom is 0.234 e. The third kappa shape index (κ3) is 3.37. The minimum atomic E-state index is 0.0107. The molecule has 0 N–H and O–H groups in total. The maximum atomic E-state index is 12.3. The summed E-state index contributed by atoms with van der Waals surface area (Å²) in [4.78, 5) is 14.2. The molecular weight excluding hydrogens is 348 g/mol. The zero-order valence-electron chi connectivity index (χ0n) is 14.5. The molecule has 0 spiro atoms. The van der Waals surface area contributed by atoms with E-state index in [1.807, 2.05) is 54.4 Å². The zero-order chi connectivity index (χ0) is 17.9. The fraction of sp³-hybridized carbons (Fsp3) is 0.250. The highest BCUT2D eigenvalue weighted by Crippen LogP contribution is 2.40. The first kappa shape index (κ1) is 16.8. The van der Waals surface area contributed by atoms with E-state index in [4.69, 9.17) is 9.15 Å². The quantitative estimate of drug-likeness (QED) is 0.653. The predicted molar refractivity (Wildman–Crippen MR) is 101 cm³/mol. The summed E-state index contributed by atoms with van der Waals surface area (Å²) < 4.78 is 13.0. The van der Waals surface area contributed by atoms with Gasteiger partial charge in [0.1, 0.15) is 16.9 Å². The Balaban J connectivity index is 1.53. The summed E-state index contributed by atoms with van der Waals surface area (Å²) in [6.07, 6.45) is 5.75. The van der Waals surface area contributed by atoms with Gasteiger partial charge in [-0.05, 0) is 49.4 Å². The van der Waals surface area contributed by atoms with Gasteiger partial charge in [-0.3, -0.25) is 4.79 Å². The van der Waals surface area contributed by atoms with Crippen LogP contribution in [0.25, 0.3) is 5.69 Å². The molecule has 0 bridgehead atoms. The molecule has 26 heavy (non-hydrogen) atoms. The van der Waals surface area contributed by atoms with E-state index in [-0.39, 0.29) is 11.3 Å². The van der Waals surface area contributed by atoms with Crippen molar-refractivity contribution in [3.05, 3.63) is 72.4 Å². The van der Waals surface area contributed by atoms with Crippen LogP contribution in [0.2, 0.25) is 0 Å². The fourth-order valence-electron chi connectivity index (χ4n) is 3.07. The van der Waals surface area contributed by atoms with Gasteiger partial charge in [0.2, 0.25) is 5.91 Å². The molecule has 0 unspecified atom stereocenters. The highest BCUT2D eigenvalue weighted by molar-refractivity contribution is 8.00. The van der Waals surface area contributed by atoms with E-state index in [0.29, 0.717) is 18.9 Å². The van der Waals surface area contributed by atoms with E-state index in [9.17, 15) is 4.79 Å². The lowest BCUT2D eigenvalue weighted by Crippen LogP contribution is -2.27. The first-order valence-electron chi connectivity index (χ1n) is 8.59. The molecule has 134 valence electrons. The van der Waals surface area contributed by atoms with Crippen molar-refractivity contribution in [2.24, 2.45) is 0 Å². The van der Waals surface area contributed by atoms with Crippen molar-refractivity contribution in [1.82, 2.24) is 9.47 Å². The molecule has 1 amide bonds. The summed E-state index contributed by atoms with van der Waals surface area (Å²) in [7, 11) is 0. The standard InChI is InChI=1S/C20H20N2O3S/c1-2-24-17-7-5-16(6-8-17)21-10-9-15(12-21)20-22(19(23)14-26-20)13-18-4-3-11-25-18/h3-12,20H,2,13-14H2,1H3/t20-/m0/s1. The Morgan fingerprint density at radius 2 is 2.08 bits per heavy atom. The third-order valence-electron chi connectivity index (χ3n) is 4.32. The molecular formula is C20H20N2O3S. The molecule has 2 aromatic heterocycles. The molecule has 3 aromatic rings. The van der Waals surface area contributed by atoms with Crippen molar-refractivity contribution in [3.63, 3.8) is 0 Å². The molecule has 0 aliphatic carbocycles. The lowest BCUT2D eigenvalue weighted by atomic mass is 10.3. The Morgan fingerprint density at radius 1 is 1.23 bits per heavy atom. The second-order valence-electron chi connectivity index (χ2n) is 6.04. The maximum absolute atomic E-state index is 12.3. The largest absolute Gasteiger partial charge is 0.494 e. The Morgan fingerprint density at radius 3 is 2.81 bits per heavy atom. The molecule has 1 aromatic carbocycles. The van der Waals surface area contributed by atoms with Crippen molar-refractivity contribution in [2.75, 3.05) is 12.4 Å². The molecule has 1 saturated heterocycles. The van der Waals surface area contributed by atoms with Crippen molar-refractivity contribution < 1.29 is 13.9 Å². The van der Waals surface area contributed by atoms with E-state index in [0.717, 1.165) is 22.8 Å². The van der Waals surface area contributed by atoms with Crippen molar-refractivity contribution in [3.8, 4) is 11.4 Å². The van der Waals surface area contributed by atoms with Gasteiger partial charge in [-0.2, -0.15) is 0 Å². The van der Waals surface area contributed by atoms with E-state index in [1.165, 1.54) is 0 Å². The number of aromatic nitrogens is 1. The normalized spacial score (nSPS) is 17.0. The van der Waals surface area contributed by atoms with E-state index >= 15 is 0 Å². The number of benzene rings is 1. The highest BCUT2D eigenvalue weighted by Gasteiger charge is 2.33. The van der Waals surface area contributed by atoms with Crippen LogP contribution in [-0.4, -0.2) is 27.7 Å². The topological polar surface area (TPSA) is 47.6 Å². The average molecular weight is 368 g/mol. The molecule has 1 atom stereocenters. The number of ether oxygens (including phenoxy) is 1. The number of furan rings is 1. The number of nitrogens with zero attached hydrogens (tertiary/aromatic N) is 2. The van der Waals surface area contributed by atoms with Crippen LogP contribution in [0.4, 0.5) is 0 Å². The summed E-state index contributed by atoms with van der Waals surface area (Å²) in [5.41, 5.74) is 2.17. The first-order valence-corrected chi connectivity index (χ1v) is 9.64. The van der Waals surface area contributed by atoms with Gasteiger partial charge in [0, 0.05) is 23.6 Å². The summed E-state index contributed by atoms with van der Waals surface area (Å²) in [5, 5.41) is 0.0107. The number of thioether (sulfide) groups is 1. The third-order valence-corrected chi connectivity index (χ3v) is 5.58. The lowest BCUT2D eigenvalue weighted by Gasteiger charge is -2.22. The predicted octanol–water partition coefficient (Wildman–Crippen LogP) is 4.24. The van der Waals surface area contributed by atoms with Crippen molar-refractivity contribution in [1.29, 1.82) is 0 Å². The number of amides is 1. The van der Waals surface area contributed by atoms with Gasteiger partial charge in [-0.15, -0.1) is 11.8 Å². The van der Waals surface area contributed by atoms with Gasteiger partial charge in [-0.1, -0.05) is 0 Å². The second kappa shape index (κ2) is 7.33. The van der Waals surface area contributed by atoms with Gasteiger partial charge in [0.25, 0.3) is 0 Å². The van der Waals surface area contributed by atoms with Gasteiger partial charge >= 0.3 is 0 Å². The number of hydrogen-bond acceptors (Lipinski definition) is 4. The summed E-state index contributed by atoms with van der Waals surface area (Å²) in [5.74, 6) is 2.31. The number of hydrogen-bond donors (Lipinski definition) is 0. The first-order chi connectivity index (χ1) is 12.7. The number of rotatable bonds is 6. The summed E-state index contributed by atoms with van der Waals surface area (Å²) in [6, 6.07) is 13.8. The van der Waals surface area contributed by atoms with Crippen LogP contribution >= 0.6 is 11.8 Å². The molecule has 4 rings (SSSR count). The average Bonchev–Trinajstić information content (AvgIpc) is 3.39. The van der Waals surface area contributed by atoms with Gasteiger partial charge < -0.3 is 18.6 Å². The van der Waals surface area contributed by atoms with E-state index in [2.05, 4.69) is 16.8 Å². The molecule has 3 heterocycles. The zero-order valence-corrected chi connectivity index (χ0v) is 15.3. The van der Waals surface area contributed by atoms with Crippen molar-refractivity contribution >= 4 is 17.7 Å².